The summed E-state index contributed by atoms with van der Waals surface area (Å²) in [5.74, 6) is -0.584. The third-order valence-corrected chi connectivity index (χ3v) is 27.6. The number of para-hydroxylation sites is 10. The standard InChI is InChI=1S/C118H75B3N6O2/c1-118(2,3)74-64-99-107-100(65-74)127(113-79(72-36-12-6-13-37-72)48-29-49-80(113)73-38-14-7-15-39-73)104-69-102-109-117(129-106-67-76(123-95-56-24-18-42-83(95)84-43-19-25-57-96(84)123)61-63-90(106)120(109)92-53-31-51-88-86-45-21-27-59-98(86)125(102)115(88)92)111(104)121(107)110-103(126(99)112-77(70-32-8-4-9-33-70)46-28-47-78(112)71-34-10-5-11-35-71)68-101-108-116(110)128-105-66-75(122-93-54-22-16-40-81(93)82-41-17-23-55-94(82)122)60-62-89(105)119(108)91-52-30-50-87-85-44-20-26-58-97(85)124(101)114(87)91/h4-69H,1-3H3/i20D,21D,26D,27D,30D,31D,44D,45D,50D,51D,52D,53D,58D,59D,60D,61D,62D,63D,66D,67D. The van der Waals surface area contributed by atoms with Crippen LogP contribution in [0.3, 0.4) is 0 Å². The van der Waals surface area contributed by atoms with Gasteiger partial charge in [-0.1, -0.05) is 336 Å². The summed E-state index contributed by atoms with van der Waals surface area (Å²) in [4.78, 5) is 4.47. The van der Waals surface area contributed by atoms with Crippen LogP contribution in [-0.4, -0.2) is 38.4 Å². The minimum absolute atomic E-state index is 0.0297. The van der Waals surface area contributed by atoms with Crippen molar-refractivity contribution in [2.24, 2.45) is 0 Å². The molecule has 0 spiro atoms. The summed E-state index contributed by atoms with van der Waals surface area (Å²) < 4.78 is 235. The van der Waals surface area contributed by atoms with E-state index in [1.165, 1.54) is 0 Å². The number of nitrogens with zero attached hydrogens (tertiary/aromatic N) is 6. The van der Waals surface area contributed by atoms with Crippen LogP contribution in [-0.2, 0) is 5.41 Å². The number of anilines is 6. The summed E-state index contributed by atoms with van der Waals surface area (Å²) in [7, 11) is 0. The first-order valence-electron chi connectivity index (χ1n) is 53.4. The summed E-state index contributed by atoms with van der Waals surface area (Å²) in [6.07, 6.45) is 0. The number of aromatic nitrogens is 4. The molecular weight excluding hydrogens is 1570 g/mol. The van der Waals surface area contributed by atoms with E-state index in [2.05, 4.69) is 67.0 Å². The molecule has 598 valence electrons. The summed E-state index contributed by atoms with van der Waals surface area (Å²) in [5, 5.41) is 2.60. The third kappa shape index (κ3) is 9.64. The summed E-state index contributed by atoms with van der Waals surface area (Å²) in [6, 6.07) is 80.4. The molecule has 0 bridgehead atoms. The van der Waals surface area contributed by atoms with Crippen molar-refractivity contribution in [1.29, 1.82) is 0 Å². The molecule has 0 amide bonds. The lowest BCUT2D eigenvalue weighted by Crippen LogP contribution is -2.67. The first-order chi connectivity index (χ1) is 72.1. The van der Waals surface area contributed by atoms with Crippen molar-refractivity contribution in [3.63, 3.8) is 0 Å². The quantitative estimate of drug-likeness (QED) is 0.142. The zero-order valence-electron chi connectivity index (χ0n) is 89.3. The van der Waals surface area contributed by atoms with Gasteiger partial charge in [-0.3, -0.25) is 0 Å². The molecule has 0 atom stereocenters. The van der Waals surface area contributed by atoms with Crippen molar-refractivity contribution in [2.75, 3.05) is 9.80 Å². The molecule has 0 fully saturated rings. The zero-order chi connectivity index (χ0) is 102. The number of fused-ring (bicyclic) bond motifs is 26. The molecule has 0 saturated carbocycles. The Labute approximate surface area is 773 Å². The second-order valence-electron chi connectivity index (χ2n) is 35.2. The number of ether oxygens (including phenoxy) is 2. The Morgan fingerprint density at radius 1 is 0.264 bits per heavy atom. The fraction of sp³-hybridized carbons (Fsp3) is 0.0339. The highest BCUT2D eigenvalue weighted by molar-refractivity contribution is 7.05. The molecule has 6 aliphatic rings. The molecule has 6 aliphatic heterocycles. The summed E-state index contributed by atoms with van der Waals surface area (Å²) in [6.45, 7) is 1.77. The van der Waals surface area contributed by atoms with Gasteiger partial charge >= 0.3 is 0 Å². The predicted molar refractivity (Wildman–Crippen MR) is 541 cm³/mol. The molecule has 19 aromatic carbocycles. The van der Waals surface area contributed by atoms with Crippen LogP contribution in [0.4, 0.5) is 34.1 Å². The lowest BCUT2D eigenvalue weighted by atomic mass is 9.28. The highest BCUT2D eigenvalue weighted by Crippen LogP contribution is 2.57. The minimum Gasteiger partial charge on any atom is -0.459 e. The van der Waals surface area contributed by atoms with Gasteiger partial charge in [0.1, 0.15) is 23.0 Å². The van der Waals surface area contributed by atoms with E-state index in [0.29, 0.717) is 83.9 Å². The van der Waals surface area contributed by atoms with E-state index in [0.717, 1.165) is 49.4 Å². The van der Waals surface area contributed by atoms with Gasteiger partial charge in [0, 0.05) is 134 Å². The highest BCUT2D eigenvalue weighted by atomic mass is 16.5. The first-order valence-corrected chi connectivity index (χ1v) is 43.4. The monoisotopic (exact) mass is 1660 g/mol. The smallest absolute Gasteiger partial charge is 0.261 e. The lowest BCUT2D eigenvalue weighted by molar-refractivity contribution is 0.489. The Bertz CT molecular complexity index is 9430. The van der Waals surface area contributed by atoms with Gasteiger partial charge in [0.25, 0.3) is 20.1 Å². The second kappa shape index (κ2) is 26.2. The Morgan fingerprint density at radius 2 is 0.597 bits per heavy atom. The molecule has 10 heterocycles. The van der Waals surface area contributed by atoms with Crippen LogP contribution in [0.2, 0.25) is 0 Å². The van der Waals surface area contributed by atoms with Gasteiger partial charge in [-0.15, -0.1) is 0 Å². The van der Waals surface area contributed by atoms with Crippen LogP contribution in [0, 0.1) is 0 Å². The molecule has 0 saturated heterocycles. The van der Waals surface area contributed by atoms with Crippen molar-refractivity contribution in [3.05, 3.63) is 405 Å². The van der Waals surface area contributed by atoms with E-state index in [1.807, 2.05) is 243 Å². The SMILES string of the molecule is [2H]c1c([2H])c(-n2c3ccccc3c3ccccc32)c([2H])c2c1B1c3c(cc4c(c3O2)B2c3c(cc(C(C)(C)C)cc3N(c3c(-c5ccccc5)cccc3-c3ccccc3)c3cc5c6c(c32)Oc2c([2H])c(-n3c7ccccc7c7ccccc73)c([2H])c([2H])c2B6c2c([2H])c([2H])c([2H])c3c6c([2H])c([2H])c([2H])c([2H])c6n-5c23)N4c2c(-c3ccccc3)cccc2-c2ccccc2)-n2c3c([2H])c([2H])c([2H])c([2H])c3c3c([2H])c([2H])c([2H])c1c32. The van der Waals surface area contributed by atoms with E-state index in [9.17, 15) is 27.4 Å². The van der Waals surface area contributed by atoms with Gasteiger partial charge in [-0.25, -0.2) is 0 Å². The Balaban J connectivity index is 0.883. The van der Waals surface area contributed by atoms with Crippen molar-refractivity contribution in [3.8, 4) is 90.3 Å². The minimum atomic E-state index is -1.59. The fourth-order valence-corrected chi connectivity index (χ4v) is 22.3. The molecule has 11 heteroatoms. The molecule has 4 aromatic heterocycles. The van der Waals surface area contributed by atoms with Crippen LogP contribution < -0.4 is 68.4 Å². The number of hydrogen-bond donors (Lipinski definition) is 0. The average Bonchev–Trinajstić information content (AvgIpc) is 1.59. The van der Waals surface area contributed by atoms with Crippen molar-refractivity contribution >= 4 is 191 Å². The molecule has 0 unspecified atom stereocenters. The van der Waals surface area contributed by atoms with Crippen LogP contribution >= 0.6 is 0 Å². The summed E-state index contributed by atoms with van der Waals surface area (Å²) in [5.41, 5.74) is 12.1. The highest BCUT2D eigenvalue weighted by Gasteiger charge is 2.55. The molecule has 0 N–H and O–H groups in total. The van der Waals surface area contributed by atoms with E-state index in [4.69, 9.17) is 9.47 Å². The third-order valence-electron chi connectivity index (χ3n) is 27.6. The van der Waals surface area contributed by atoms with Crippen LogP contribution in [0.25, 0.3) is 154 Å². The van der Waals surface area contributed by atoms with E-state index in [-0.39, 0.29) is 145 Å². The molecule has 23 aromatic rings. The van der Waals surface area contributed by atoms with Gasteiger partial charge in [0.05, 0.1) is 71.9 Å². The first kappa shape index (κ1) is 54.5. The van der Waals surface area contributed by atoms with E-state index < -0.39 is 134 Å². The zero-order valence-corrected chi connectivity index (χ0v) is 69.3. The molecule has 8 nitrogen and oxygen atoms in total. The van der Waals surface area contributed by atoms with Gasteiger partial charge in [0.2, 0.25) is 0 Å². The molecule has 129 heavy (non-hydrogen) atoms. The van der Waals surface area contributed by atoms with E-state index in [1.54, 1.807) is 18.3 Å². The lowest BCUT2D eigenvalue weighted by Gasteiger charge is -2.49. The molecule has 0 radical (unpaired) electrons. The fourth-order valence-electron chi connectivity index (χ4n) is 22.3. The Hall–Kier alpha value is -16.2. The largest absolute Gasteiger partial charge is 0.459 e. The van der Waals surface area contributed by atoms with Crippen LogP contribution in [0.5, 0.6) is 23.0 Å². The van der Waals surface area contributed by atoms with Gasteiger partial charge in [-0.05, 0) is 155 Å². The van der Waals surface area contributed by atoms with Gasteiger partial charge in [0.15, 0.2) is 0 Å². The molecule has 29 rings (SSSR count). The maximum Gasteiger partial charge on any atom is 0.261 e. The van der Waals surface area contributed by atoms with Crippen LogP contribution in [0.1, 0.15) is 53.7 Å². The normalized spacial score (nSPS) is 15.6. The number of benzene rings is 19. The number of hydrogen-bond acceptors (Lipinski definition) is 4. The van der Waals surface area contributed by atoms with Crippen molar-refractivity contribution in [1.82, 2.24) is 18.3 Å². The van der Waals surface area contributed by atoms with Crippen LogP contribution in [0.15, 0.2) is 400 Å². The number of rotatable bonds is 8. The topological polar surface area (TPSA) is 44.7 Å². The maximum absolute atomic E-state index is 11.6. The molecular formula is C118H75B3N6O2. The van der Waals surface area contributed by atoms with Gasteiger partial charge < -0.3 is 37.5 Å². The predicted octanol–water partition coefficient (Wildman–Crippen LogP) is 24.0. The van der Waals surface area contributed by atoms with Crippen molar-refractivity contribution in [2.45, 2.75) is 26.2 Å². The van der Waals surface area contributed by atoms with Crippen molar-refractivity contribution < 1.29 is 36.9 Å². The maximum atomic E-state index is 11.6. The van der Waals surface area contributed by atoms with Gasteiger partial charge in [-0.2, -0.15) is 0 Å². The van der Waals surface area contributed by atoms with E-state index >= 15 is 0 Å². The average molecular weight is 1660 g/mol. The summed E-state index contributed by atoms with van der Waals surface area (Å²) >= 11 is 0. The second-order valence-corrected chi connectivity index (χ2v) is 35.2. The Morgan fingerprint density at radius 3 is 0.969 bits per heavy atom. The Kier molecular flexibility index (Phi) is 11.1. The molecule has 0 aliphatic carbocycles.